The second-order valence-corrected chi connectivity index (χ2v) is 6.79. The Balaban J connectivity index is 1.99. The lowest BCUT2D eigenvalue weighted by molar-refractivity contribution is -0.383. The van der Waals surface area contributed by atoms with Crippen molar-refractivity contribution < 1.29 is 14.5 Å². The molecule has 25 heavy (non-hydrogen) atoms. The zero-order chi connectivity index (χ0) is 17.7. The Morgan fingerprint density at radius 2 is 1.52 bits per heavy atom. The normalized spacial score (nSPS) is 13.4. The van der Waals surface area contributed by atoms with E-state index < -0.39 is 16.7 Å². The van der Waals surface area contributed by atoms with Gasteiger partial charge in [-0.2, -0.15) is 0 Å². The first-order valence-corrected chi connectivity index (χ1v) is 8.41. The van der Waals surface area contributed by atoms with Crippen molar-refractivity contribution in [2.24, 2.45) is 0 Å². The Morgan fingerprint density at radius 3 is 2.16 bits per heavy atom. The van der Waals surface area contributed by atoms with Crippen LogP contribution in [0.15, 0.2) is 54.6 Å². The summed E-state index contributed by atoms with van der Waals surface area (Å²) in [5.74, 6) is -0.963. The third kappa shape index (κ3) is 2.30. The van der Waals surface area contributed by atoms with Crippen molar-refractivity contribution in [2.75, 3.05) is 4.90 Å². The molecule has 2 amide bonds. The van der Waals surface area contributed by atoms with E-state index in [0.29, 0.717) is 16.5 Å². The summed E-state index contributed by atoms with van der Waals surface area (Å²) < 4.78 is 0.983. The molecule has 0 radical (unpaired) electrons. The maximum atomic E-state index is 12.9. The van der Waals surface area contributed by atoms with Crippen LogP contribution in [-0.4, -0.2) is 16.7 Å². The molecule has 0 spiro atoms. The van der Waals surface area contributed by atoms with E-state index >= 15 is 0 Å². The third-order valence-corrected chi connectivity index (χ3v) is 4.89. The summed E-state index contributed by atoms with van der Waals surface area (Å²) in [6, 6.07) is 14.5. The molecule has 3 aromatic carbocycles. The molecule has 1 aliphatic heterocycles. The number of non-ortho nitro benzene ring substituents is 1. The first kappa shape index (κ1) is 15.7. The van der Waals surface area contributed by atoms with Gasteiger partial charge in [0, 0.05) is 26.1 Å². The fraction of sp³-hybridized carbons (Fsp3) is 0. The fourth-order valence-electron chi connectivity index (χ4n) is 3.06. The minimum atomic E-state index is -0.511. The maximum Gasteiger partial charge on any atom is 0.277 e. The Labute approximate surface area is 155 Å². The van der Waals surface area contributed by atoms with Gasteiger partial charge in [-0.3, -0.25) is 19.7 Å². The van der Waals surface area contributed by atoms with Gasteiger partial charge < -0.3 is 0 Å². The maximum absolute atomic E-state index is 12.9. The number of benzene rings is 3. The van der Waals surface area contributed by atoms with E-state index in [4.69, 9.17) is 0 Å². The molecule has 122 valence electrons. The molecule has 0 fully saturated rings. The number of anilines is 1. The molecule has 1 aliphatic rings. The Bertz CT molecular complexity index is 1050. The minimum absolute atomic E-state index is 0.121. The van der Waals surface area contributed by atoms with Gasteiger partial charge in [0.15, 0.2) is 0 Å². The molecule has 0 bridgehead atoms. The average Bonchev–Trinajstić information content (AvgIpc) is 2.60. The minimum Gasteiger partial charge on any atom is -0.268 e. The van der Waals surface area contributed by atoms with E-state index in [1.54, 1.807) is 30.3 Å². The van der Waals surface area contributed by atoms with E-state index in [1.807, 2.05) is 12.1 Å². The van der Waals surface area contributed by atoms with Crippen molar-refractivity contribution in [3.8, 4) is 0 Å². The van der Waals surface area contributed by atoms with Crippen LogP contribution in [0.3, 0.4) is 0 Å². The number of nitro groups is 1. The zero-order valence-corrected chi connectivity index (χ0v) is 14.8. The topological polar surface area (TPSA) is 80.5 Å². The highest BCUT2D eigenvalue weighted by atomic mass is 127. The van der Waals surface area contributed by atoms with Crippen molar-refractivity contribution in [1.82, 2.24) is 0 Å². The van der Waals surface area contributed by atoms with Crippen molar-refractivity contribution in [1.29, 1.82) is 0 Å². The lowest BCUT2D eigenvalue weighted by Crippen LogP contribution is -2.40. The molecule has 7 heteroatoms. The van der Waals surface area contributed by atoms with Crippen LogP contribution in [0.5, 0.6) is 0 Å². The summed E-state index contributed by atoms with van der Waals surface area (Å²) >= 11 is 2.14. The van der Waals surface area contributed by atoms with Crippen molar-refractivity contribution >= 4 is 56.6 Å². The van der Waals surface area contributed by atoms with Crippen LogP contribution < -0.4 is 4.90 Å². The summed E-state index contributed by atoms with van der Waals surface area (Å²) in [5, 5.41) is 11.9. The SMILES string of the molecule is O=C1c2cccc3c([N+](=O)[O-])ccc(c23)C(=O)N1c1ccc(I)cc1. The molecule has 0 saturated heterocycles. The molecular formula is C18H9IN2O4. The average molecular weight is 444 g/mol. The van der Waals surface area contributed by atoms with E-state index in [2.05, 4.69) is 22.6 Å². The molecule has 0 saturated carbocycles. The lowest BCUT2D eigenvalue weighted by atomic mass is 9.93. The van der Waals surface area contributed by atoms with E-state index in [0.717, 1.165) is 8.47 Å². The predicted molar refractivity (Wildman–Crippen MR) is 101 cm³/mol. The number of halogens is 1. The molecule has 3 aromatic rings. The summed E-state index contributed by atoms with van der Waals surface area (Å²) in [4.78, 5) is 37.7. The van der Waals surface area contributed by atoms with Gasteiger partial charge in [0.25, 0.3) is 17.5 Å². The van der Waals surface area contributed by atoms with Crippen LogP contribution >= 0.6 is 22.6 Å². The summed E-state index contributed by atoms with van der Waals surface area (Å²) in [6.07, 6.45) is 0. The number of hydrogen-bond acceptors (Lipinski definition) is 4. The summed E-state index contributed by atoms with van der Waals surface area (Å²) in [7, 11) is 0. The number of nitrogens with zero attached hydrogens (tertiary/aromatic N) is 2. The van der Waals surface area contributed by atoms with Gasteiger partial charge in [-0.1, -0.05) is 6.07 Å². The number of hydrogen-bond donors (Lipinski definition) is 0. The van der Waals surface area contributed by atoms with Crippen molar-refractivity contribution in [3.63, 3.8) is 0 Å². The van der Waals surface area contributed by atoms with Gasteiger partial charge in [0.2, 0.25) is 0 Å². The van der Waals surface area contributed by atoms with Crippen molar-refractivity contribution in [2.45, 2.75) is 0 Å². The Kier molecular flexibility index (Phi) is 3.53. The number of nitro benzene ring substituents is 1. The second-order valence-electron chi connectivity index (χ2n) is 5.54. The van der Waals surface area contributed by atoms with Crippen LogP contribution in [0, 0.1) is 13.7 Å². The van der Waals surface area contributed by atoms with Crippen LogP contribution in [-0.2, 0) is 0 Å². The van der Waals surface area contributed by atoms with Gasteiger partial charge in [-0.15, -0.1) is 0 Å². The van der Waals surface area contributed by atoms with E-state index in [1.165, 1.54) is 12.1 Å². The number of carbonyl (C=O) groups excluding carboxylic acids is 2. The number of rotatable bonds is 2. The molecular weight excluding hydrogens is 435 g/mol. The largest absolute Gasteiger partial charge is 0.277 e. The summed E-state index contributed by atoms with van der Waals surface area (Å²) in [5.41, 5.74) is 0.920. The van der Waals surface area contributed by atoms with Crippen LogP contribution in [0.2, 0.25) is 0 Å². The highest BCUT2D eigenvalue weighted by molar-refractivity contribution is 14.1. The predicted octanol–water partition coefficient (Wildman–Crippen LogP) is 4.15. The highest BCUT2D eigenvalue weighted by Crippen LogP contribution is 2.36. The molecule has 1 heterocycles. The van der Waals surface area contributed by atoms with Gasteiger partial charge in [0.05, 0.1) is 16.0 Å². The third-order valence-electron chi connectivity index (χ3n) is 4.17. The van der Waals surface area contributed by atoms with Crippen LogP contribution in [0.25, 0.3) is 10.8 Å². The quantitative estimate of drug-likeness (QED) is 0.258. The second kappa shape index (κ2) is 5.62. The monoisotopic (exact) mass is 444 g/mol. The molecule has 0 atom stereocenters. The molecule has 0 unspecified atom stereocenters. The Hall–Kier alpha value is -2.81. The van der Waals surface area contributed by atoms with Gasteiger partial charge >= 0.3 is 0 Å². The zero-order valence-electron chi connectivity index (χ0n) is 12.6. The molecule has 0 aromatic heterocycles. The molecule has 0 N–H and O–H groups in total. The highest BCUT2D eigenvalue weighted by Gasteiger charge is 2.35. The summed E-state index contributed by atoms with van der Waals surface area (Å²) in [6.45, 7) is 0. The first-order valence-electron chi connectivity index (χ1n) is 7.33. The van der Waals surface area contributed by atoms with Crippen LogP contribution in [0.4, 0.5) is 11.4 Å². The van der Waals surface area contributed by atoms with E-state index in [9.17, 15) is 19.7 Å². The smallest absolute Gasteiger partial charge is 0.268 e. The lowest BCUT2D eigenvalue weighted by Gasteiger charge is -2.27. The van der Waals surface area contributed by atoms with E-state index in [-0.39, 0.29) is 16.8 Å². The number of carbonyl (C=O) groups is 2. The molecule has 4 rings (SSSR count). The van der Waals surface area contributed by atoms with Gasteiger partial charge in [-0.05, 0) is 65.1 Å². The first-order chi connectivity index (χ1) is 12.0. The fourth-order valence-corrected chi connectivity index (χ4v) is 3.42. The van der Waals surface area contributed by atoms with Crippen LogP contribution in [0.1, 0.15) is 20.7 Å². The number of imide groups is 1. The standard InChI is InChI=1S/C18H9IN2O4/c19-10-4-6-11(7-5-10)20-17(22)13-3-1-2-12-15(21(24)25)9-8-14(16(12)13)18(20)23/h1-9H. The molecule has 0 aliphatic carbocycles. The molecule has 6 nitrogen and oxygen atoms in total. The van der Waals surface area contributed by atoms with Gasteiger partial charge in [-0.25, -0.2) is 4.90 Å². The van der Waals surface area contributed by atoms with Crippen molar-refractivity contribution in [3.05, 3.63) is 79.4 Å². The van der Waals surface area contributed by atoms with Gasteiger partial charge in [0.1, 0.15) is 0 Å². The number of amides is 2. The Morgan fingerprint density at radius 1 is 0.880 bits per heavy atom.